The van der Waals surface area contributed by atoms with Gasteiger partial charge in [-0.3, -0.25) is 4.79 Å². The zero-order valence-electron chi connectivity index (χ0n) is 14.4. The van der Waals surface area contributed by atoms with E-state index in [-0.39, 0.29) is 5.57 Å². The van der Waals surface area contributed by atoms with Gasteiger partial charge in [-0.25, -0.2) is 0 Å². The van der Waals surface area contributed by atoms with Crippen LogP contribution in [0.4, 0.5) is 5.69 Å². The van der Waals surface area contributed by atoms with Gasteiger partial charge in [0.25, 0.3) is 5.91 Å². The van der Waals surface area contributed by atoms with Gasteiger partial charge in [-0.1, -0.05) is 29.8 Å². The minimum atomic E-state index is -0.569. The summed E-state index contributed by atoms with van der Waals surface area (Å²) >= 11 is 5.94. The van der Waals surface area contributed by atoms with Crippen LogP contribution in [-0.4, -0.2) is 20.1 Å². The highest BCUT2D eigenvalue weighted by Gasteiger charge is 2.13. The van der Waals surface area contributed by atoms with E-state index in [1.807, 2.05) is 30.3 Å². The molecule has 0 fully saturated rings. The molecule has 0 radical (unpaired) electrons. The second kappa shape index (κ2) is 9.35. The number of carbonyl (C=O) groups is 1. The maximum absolute atomic E-state index is 12.3. The van der Waals surface area contributed by atoms with Gasteiger partial charge >= 0.3 is 0 Å². The molecule has 7 heteroatoms. The Labute approximate surface area is 157 Å². The van der Waals surface area contributed by atoms with Crippen LogP contribution in [0.3, 0.4) is 0 Å². The number of halogens is 1. The number of para-hydroxylation sites is 1. The molecule has 26 heavy (non-hydrogen) atoms. The predicted molar refractivity (Wildman–Crippen MR) is 100 cm³/mol. The molecule has 0 aliphatic rings. The van der Waals surface area contributed by atoms with Gasteiger partial charge in [0.15, 0.2) is 0 Å². The third-order valence-electron chi connectivity index (χ3n) is 3.51. The van der Waals surface area contributed by atoms with E-state index in [2.05, 4.69) is 10.6 Å². The average Bonchev–Trinajstić information content (AvgIpc) is 2.65. The molecule has 0 saturated carbocycles. The number of amides is 1. The molecular weight excluding hydrogens is 354 g/mol. The summed E-state index contributed by atoms with van der Waals surface area (Å²) in [5.41, 5.74) is 1.21. The van der Waals surface area contributed by atoms with E-state index >= 15 is 0 Å². The summed E-state index contributed by atoms with van der Waals surface area (Å²) in [5.74, 6) is 0.600. The smallest absolute Gasteiger partial charge is 0.267 e. The fraction of sp³-hybridized carbons (Fsp3) is 0.158. The second-order valence-electron chi connectivity index (χ2n) is 5.16. The maximum Gasteiger partial charge on any atom is 0.267 e. The average molecular weight is 372 g/mol. The van der Waals surface area contributed by atoms with Crippen molar-refractivity contribution >= 4 is 23.2 Å². The normalized spacial score (nSPS) is 10.6. The molecule has 134 valence electrons. The lowest BCUT2D eigenvalue weighted by Gasteiger charge is -2.11. The van der Waals surface area contributed by atoms with Crippen LogP contribution in [0, 0.1) is 11.3 Å². The Balaban J connectivity index is 2.08. The van der Waals surface area contributed by atoms with Crippen molar-refractivity contribution in [2.45, 2.75) is 6.54 Å². The highest BCUT2D eigenvalue weighted by Crippen LogP contribution is 2.28. The van der Waals surface area contributed by atoms with Crippen molar-refractivity contribution in [3.8, 4) is 17.6 Å². The number of hydrogen-bond acceptors (Lipinski definition) is 5. The first-order chi connectivity index (χ1) is 12.6. The van der Waals surface area contributed by atoms with Gasteiger partial charge in [-0.15, -0.1) is 0 Å². The lowest BCUT2D eigenvalue weighted by molar-refractivity contribution is -0.112. The maximum atomic E-state index is 12.3. The van der Waals surface area contributed by atoms with E-state index in [9.17, 15) is 10.1 Å². The topological polar surface area (TPSA) is 83.4 Å². The minimum Gasteiger partial charge on any atom is -0.496 e. The molecule has 0 aromatic heterocycles. The standard InChI is InChI=1S/C19H18ClN3O3/c1-25-17-6-4-3-5-13(17)11-22-12-14(10-21)19(24)23-16-9-15(20)7-8-18(16)26-2/h3-9,12,22H,11H2,1-2H3,(H,23,24)/b14-12-. The monoisotopic (exact) mass is 371 g/mol. The van der Waals surface area contributed by atoms with Gasteiger partial charge < -0.3 is 20.1 Å². The molecule has 0 aliphatic heterocycles. The van der Waals surface area contributed by atoms with Crippen LogP contribution in [0.15, 0.2) is 54.2 Å². The second-order valence-corrected chi connectivity index (χ2v) is 5.60. The van der Waals surface area contributed by atoms with Gasteiger partial charge in [0, 0.05) is 23.3 Å². The molecule has 1 amide bonds. The number of nitrogens with zero attached hydrogens (tertiary/aromatic N) is 1. The third-order valence-corrected chi connectivity index (χ3v) is 3.74. The summed E-state index contributed by atoms with van der Waals surface area (Å²) in [5, 5.41) is 15.3. The summed E-state index contributed by atoms with van der Waals surface area (Å²) < 4.78 is 10.4. The summed E-state index contributed by atoms with van der Waals surface area (Å²) in [4.78, 5) is 12.3. The lowest BCUT2D eigenvalue weighted by atomic mass is 10.2. The zero-order chi connectivity index (χ0) is 18.9. The Morgan fingerprint density at radius 2 is 1.92 bits per heavy atom. The Bertz CT molecular complexity index is 859. The first-order valence-electron chi connectivity index (χ1n) is 7.69. The molecule has 0 spiro atoms. The molecule has 2 rings (SSSR count). The Morgan fingerprint density at radius 1 is 1.19 bits per heavy atom. The molecule has 0 heterocycles. The summed E-state index contributed by atoms with van der Waals surface area (Å²) in [6.45, 7) is 0.406. The van der Waals surface area contributed by atoms with Crippen LogP contribution in [-0.2, 0) is 11.3 Å². The van der Waals surface area contributed by atoms with Crippen molar-refractivity contribution in [2.75, 3.05) is 19.5 Å². The van der Waals surface area contributed by atoms with Gasteiger partial charge in [0.05, 0.1) is 19.9 Å². The van der Waals surface area contributed by atoms with Crippen LogP contribution in [0.5, 0.6) is 11.5 Å². The van der Waals surface area contributed by atoms with Crippen molar-refractivity contribution in [1.82, 2.24) is 5.32 Å². The Kier molecular flexibility index (Phi) is 6.89. The molecule has 0 unspecified atom stereocenters. The van der Waals surface area contributed by atoms with Crippen LogP contribution in [0.2, 0.25) is 5.02 Å². The first kappa shape index (κ1) is 19.2. The van der Waals surface area contributed by atoms with Crippen molar-refractivity contribution < 1.29 is 14.3 Å². The molecule has 0 saturated heterocycles. The van der Waals surface area contributed by atoms with E-state index in [1.165, 1.54) is 13.3 Å². The first-order valence-corrected chi connectivity index (χ1v) is 8.07. The van der Waals surface area contributed by atoms with Gasteiger partial charge in [-0.05, 0) is 24.3 Å². The molecule has 0 bridgehead atoms. The van der Waals surface area contributed by atoms with E-state index in [4.69, 9.17) is 21.1 Å². The predicted octanol–water partition coefficient (Wildman–Crippen LogP) is 3.49. The molecule has 6 nitrogen and oxygen atoms in total. The van der Waals surface area contributed by atoms with E-state index in [1.54, 1.807) is 25.3 Å². The van der Waals surface area contributed by atoms with Gasteiger partial charge in [0.2, 0.25) is 0 Å². The number of nitrogens with one attached hydrogen (secondary N) is 2. The molecule has 2 N–H and O–H groups in total. The number of anilines is 1. The summed E-state index contributed by atoms with van der Waals surface area (Å²) in [6.07, 6.45) is 1.36. The Hall–Kier alpha value is -3.17. The third kappa shape index (κ3) is 4.91. The number of carbonyl (C=O) groups excluding carboxylic acids is 1. The number of nitriles is 1. The fourth-order valence-corrected chi connectivity index (χ4v) is 2.40. The van der Waals surface area contributed by atoms with Crippen LogP contribution < -0.4 is 20.1 Å². The SMILES string of the molecule is COc1ccccc1CN/C=C(/C#N)C(=O)Nc1cc(Cl)ccc1OC. The molecule has 0 aliphatic carbocycles. The Morgan fingerprint density at radius 3 is 2.62 bits per heavy atom. The number of benzene rings is 2. The molecule has 0 atom stereocenters. The van der Waals surface area contributed by atoms with Crippen LogP contribution >= 0.6 is 11.6 Å². The van der Waals surface area contributed by atoms with E-state index in [0.29, 0.717) is 23.0 Å². The van der Waals surface area contributed by atoms with Crippen molar-refractivity contribution in [1.29, 1.82) is 5.26 Å². The fourth-order valence-electron chi connectivity index (χ4n) is 2.23. The number of methoxy groups -OCH3 is 2. The van der Waals surface area contributed by atoms with Crippen molar-refractivity contribution in [3.05, 3.63) is 64.8 Å². The van der Waals surface area contributed by atoms with Gasteiger partial charge in [0.1, 0.15) is 23.1 Å². The minimum absolute atomic E-state index is 0.0815. The highest BCUT2D eigenvalue weighted by molar-refractivity contribution is 6.31. The van der Waals surface area contributed by atoms with Crippen LogP contribution in [0.1, 0.15) is 5.56 Å². The lowest BCUT2D eigenvalue weighted by Crippen LogP contribution is -2.17. The van der Waals surface area contributed by atoms with E-state index in [0.717, 1.165) is 11.3 Å². The molecular formula is C19H18ClN3O3. The number of ether oxygens (including phenoxy) is 2. The molecule has 2 aromatic rings. The van der Waals surface area contributed by atoms with Crippen molar-refractivity contribution in [3.63, 3.8) is 0 Å². The van der Waals surface area contributed by atoms with Gasteiger partial charge in [-0.2, -0.15) is 5.26 Å². The summed E-state index contributed by atoms with van der Waals surface area (Å²) in [6, 6.07) is 14.2. The van der Waals surface area contributed by atoms with Crippen molar-refractivity contribution in [2.24, 2.45) is 0 Å². The molecule has 2 aromatic carbocycles. The number of hydrogen-bond donors (Lipinski definition) is 2. The number of rotatable bonds is 7. The summed E-state index contributed by atoms with van der Waals surface area (Å²) in [7, 11) is 3.07. The quantitative estimate of drug-likeness (QED) is 0.575. The van der Waals surface area contributed by atoms with Crippen LogP contribution in [0.25, 0.3) is 0 Å². The van der Waals surface area contributed by atoms with E-state index < -0.39 is 5.91 Å². The zero-order valence-corrected chi connectivity index (χ0v) is 15.1. The highest BCUT2D eigenvalue weighted by atomic mass is 35.5. The largest absolute Gasteiger partial charge is 0.496 e.